The molecule has 0 aliphatic carbocycles. The Balaban J connectivity index is 2.43. The van der Waals surface area contributed by atoms with Crippen LogP contribution in [0.5, 0.6) is 0 Å². The first-order valence-electron chi connectivity index (χ1n) is 2.76. The van der Waals surface area contributed by atoms with Gasteiger partial charge in [-0.3, -0.25) is 0 Å². The Morgan fingerprint density at radius 1 is 1.50 bits per heavy atom. The van der Waals surface area contributed by atoms with Gasteiger partial charge in [-0.2, -0.15) is 10.2 Å². The quantitative estimate of drug-likeness (QED) is 0.567. The molecule has 46 valence electrons. The first-order valence-corrected chi connectivity index (χ1v) is 2.76. The van der Waals surface area contributed by atoms with Crippen LogP contribution in [-0.4, -0.2) is 17.4 Å². The summed E-state index contributed by atoms with van der Waals surface area (Å²) < 4.78 is 0. The maximum atomic E-state index is 8.64. The van der Waals surface area contributed by atoms with Crippen molar-refractivity contribution in [3.8, 4) is 0 Å². The van der Waals surface area contributed by atoms with Gasteiger partial charge in [0.25, 0.3) is 0 Å². The van der Waals surface area contributed by atoms with Gasteiger partial charge < -0.3 is 5.11 Å². The normalized spacial score (nSPS) is 22.0. The van der Waals surface area contributed by atoms with E-state index in [1.807, 2.05) is 13.8 Å². The van der Waals surface area contributed by atoms with Gasteiger partial charge in [0.2, 0.25) is 5.66 Å². The van der Waals surface area contributed by atoms with E-state index < -0.39 is 5.66 Å². The minimum Gasteiger partial charge on any atom is -0.392 e. The molecule has 0 aromatic heterocycles. The lowest BCUT2D eigenvalue weighted by molar-refractivity contribution is 0.211. The zero-order chi connectivity index (χ0) is 6.20. The molecule has 1 N–H and O–H groups in total. The maximum Gasteiger partial charge on any atom is 0.215 e. The van der Waals surface area contributed by atoms with Crippen molar-refractivity contribution in [2.75, 3.05) is 6.61 Å². The molecule has 0 bridgehead atoms. The van der Waals surface area contributed by atoms with E-state index in [1.165, 1.54) is 0 Å². The Bertz CT molecular complexity index is 114. The highest BCUT2D eigenvalue weighted by molar-refractivity contribution is 4.95. The molecule has 0 fully saturated rings. The summed E-state index contributed by atoms with van der Waals surface area (Å²) in [4.78, 5) is 0. The fourth-order valence-corrected chi connectivity index (χ4v) is 0.541. The highest BCUT2D eigenvalue weighted by Gasteiger charge is 2.42. The van der Waals surface area contributed by atoms with E-state index in [4.69, 9.17) is 5.11 Å². The van der Waals surface area contributed by atoms with Crippen molar-refractivity contribution in [2.45, 2.75) is 19.5 Å². The van der Waals surface area contributed by atoms with Gasteiger partial charge in [0.15, 0.2) is 0 Å². The van der Waals surface area contributed by atoms with E-state index >= 15 is 0 Å². The van der Waals surface area contributed by atoms with Crippen LogP contribution in [0, 0.1) is 5.92 Å². The molecular formula is C5H10N2O. The molecule has 1 heterocycles. The molecule has 0 radical (unpaired) electrons. The average Bonchev–Trinajstić information content (AvgIpc) is 2.44. The van der Waals surface area contributed by atoms with Crippen LogP contribution in [0.3, 0.4) is 0 Å². The fraction of sp³-hybridized carbons (Fsp3) is 1.00. The summed E-state index contributed by atoms with van der Waals surface area (Å²) in [6, 6.07) is 0. The minimum absolute atomic E-state index is 0.0602. The van der Waals surface area contributed by atoms with Crippen LogP contribution < -0.4 is 0 Å². The lowest BCUT2D eigenvalue weighted by Crippen LogP contribution is -2.23. The van der Waals surface area contributed by atoms with Crippen LogP contribution in [0.4, 0.5) is 0 Å². The number of nitrogens with zero attached hydrogens (tertiary/aromatic N) is 2. The van der Waals surface area contributed by atoms with Gasteiger partial charge in [0.1, 0.15) is 0 Å². The lowest BCUT2D eigenvalue weighted by Gasteiger charge is -2.08. The average molecular weight is 114 g/mol. The predicted octanol–water partition coefficient (Wildman–Crippen LogP) is 0.797. The second kappa shape index (κ2) is 1.52. The van der Waals surface area contributed by atoms with Crippen molar-refractivity contribution < 1.29 is 5.11 Å². The van der Waals surface area contributed by atoms with Crippen molar-refractivity contribution in [1.82, 2.24) is 0 Å². The van der Waals surface area contributed by atoms with E-state index in [0.29, 0.717) is 5.92 Å². The molecule has 0 spiro atoms. The summed E-state index contributed by atoms with van der Waals surface area (Å²) in [5.74, 6) is 0.340. The second-order valence-electron chi connectivity index (χ2n) is 2.39. The number of aliphatic hydroxyl groups is 1. The lowest BCUT2D eigenvalue weighted by atomic mass is 10.0. The van der Waals surface area contributed by atoms with Crippen LogP contribution in [0.1, 0.15) is 13.8 Å². The predicted molar refractivity (Wildman–Crippen MR) is 29.5 cm³/mol. The van der Waals surface area contributed by atoms with Crippen LogP contribution in [0.2, 0.25) is 0 Å². The molecule has 0 atom stereocenters. The highest BCUT2D eigenvalue weighted by Crippen LogP contribution is 2.34. The van der Waals surface area contributed by atoms with Crippen molar-refractivity contribution in [2.24, 2.45) is 16.1 Å². The molecule has 3 nitrogen and oxygen atoms in total. The minimum atomic E-state index is -0.403. The van der Waals surface area contributed by atoms with Gasteiger partial charge in [-0.25, -0.2) is 0 Å². The Kier molecular flexibility index (Phi) is 1.08. The standard InChI is InChI=1S/C5H10N2O/c1-4(2)5(3-8)6-7-5/h4,8H,3H2,1-2H3. The monoisotopic (exact) mass is 114 g/mol. The Morgan fingerprint density at radius 3 is 2.00 bits per heavy atom. The number of hydrogen-bond acceptors (Lipinski definition) is 3. The maximum absolute atomic E-state index is 8.64. The van der Waals surface area contributed by atoms with Gasteiger partial charge in [-0.1, -0.05) is 13.8 Å². The molecule has 3 heteroatoms. The molecule has 0 amide bonds. The molecule has 8 heavy (non-hydrogen) atoms. The van der Waals surface area contributed by atoms with E-state index in [0.717, 1.165) is 0 Å². The molecule has 1 aliphatic heterocycles. The zero-order valence-electron chi connectivity index (χ0n) is 5.13. The van der Waals surface area contributed by atoms with E-state index in [-0.39, 0.29) is 6.61 Å². The number of aliphatic hydroxyl groups excluding tert-OH is 1. The van der Waals surface area contributed by atoms with Gasteiger partial charge in [0.05, 0.1) is 6.61 Å². The van der Waals surface area contributed by atoms with Crippen molar-refractivity contribution in [1.29, 1.82) is 0 Å². The number of rotatable bonds is 2. The fourth-order valence-electron chi connectivity index (χ4n) is 0.541. The van der Waals surface area contributed by atoms with E-state index in [2.05, 4.69) is 10.2 Å². The topological polar surface area (TPSA) is 45.0 Å². The Hall–Kier alpha value is -0.440. The molecule has 0 saturated heterocycles. The molecule has 0 aromatic carbocycles. The van der Waals surface area contributed by atoms with Crippen molar-refractivity contribution >= 4 is 0 Å². The Morgan fingerprint density at radius 2 is 2.00 bits per heavy atom. The summed E-state index contributed by atoms with van der Waals surface area (Å²) >= 11 is 0. The van der Waals surface area contributed by atoms with E-state index in [9.17, 15) is 0 Å². The van der Waals surface area contributed by atoms with Gasteiger partial charge in [-0.05, 0) is 0 Å². The summed E-state index contributed by atoms with van der Waals surface area (Å²) in [5, 5.41) is 16.1. The van der Waals surface area contributed by atoms with Crippen molar-refractivity contribution in [3.63, 3.8) is 0 Å². The van der Waals surface area contributed by atoms with Crippen LogP contribution in [0.15, 0.2) is 10.2 Å². The van der Waals surface area contributed by atoms with Crippen molar-refractivity contribution in [3.05, 3.63) is 0 Å². The first-order chi connectivity index (χ1) is 3.71. The van der Waals surface area contributed by atoms with Gasteiger partial charge in [-0.15, -0.1) is 0 Å². The van der Waals surface area contributed by atoms with Crippen LogP contribution >= 0.6 is 0 Å². The second-order valence-corrected chi connectivity index (χ2v) is 2.39. The zero-order valence-corrected chi connectivity index (χ0v) is 5.13. The molecule has 1 rings (SSSR count). The van der Waals surface area contributed by atoms with E-state index in [1.54, 1.807) is 0 Å². The molecule has 0 aromatic rings. The summed E-state index contributed by atoms with van der Waals surface area (Å²) in [6.45, 7) is 4.05. The third kappa shape index (κ3) is 0.629. The molecular weight excluding hydrogens is 104 g/mol. The molecule has 0 unspecified atom stereocenters. The summed E-state index contributed by atoms with van der Waals surface area (Å²) in [5.41, 5.74) is -0.403. The largest absolute Gasteiger partial charge is 0.392 e. The van der Waals surface area contributed by atoms with Gasteiger partial charge in [0, 0.05) is 5.92 Å². The molecule has 1 aliphatic rings. The number of hydrogen-bond donors (Lipinski definition) is 1. The smallest absolute Gasteiger partial charge is 0.215 e. The van der Waals surface area contributed by atoms with Gasteiger partial charge >= 0.3 is 0 Å². The first kappa shape index (κ1) is 5.69. The summed E-state index contributed by atoms with van der Waals surface area (Å²) in [7, 11) is 0. The molecule has 0 saturated carbocycles. The van der Waals surface area contributed by atoms with Crippen LogP contribution in [0.25, 0.3) is 0 Å². The SMILES string of the molecule is CC(C)C1(CO)N=N1. The third-order valence-corrected chi connectivity index (χ3v) is 1.51. The highest BCUT2D eigenvalue weighted by atomic mass is 16.3. The summed E-state index contributed by atoms with van der Waals surface area (Å²) in [6.07, 6.45) is 0. The third-order valence-electron chi connectivity index (χ3n) is 1.51. The van der Waals surface area contributed by atoms with Crippen LogP contribution in [-0.2, 0) is 0 Å². The Labute approximate surface area is 48.4 Å².